The van der Waals surface area contributed by atoms with Gasteiger partial charge in [0.2, 0.25) is 0 Å². The van der Waals surface area contributed by atoms with Gasteiger partial charge in [0.1, 0.15) is 17.5 Å². The largest absolute Gasteiger partial charge is 0.322 e. The van der Waals surface area contributed by atoms with E-state index in [1.807, 2.05) is 36.4 Å². The molecule has 0 bridgehead atoms. The first-order valence-electron chi connectivity index (χ1n) is 11.6. The van der Waals surface area contributed by atoms with Crippen molar-refractivity contribution in [3.63, 3.8) is 0 Å². The van der Waals surface area contributed by atoms with E-state index in [0.29, 0.717) is 13.1 Å². The van der Waals surface area contributed by atoms with Gasteiger partial charge in [-0.1, -0.05) is 40.2 Å². The van der Waals surface area contributed by atoms with E-state index in [2.05, 4.69) is 36.4 Å². The summed E-state index contributed by atoms with van der Waals surface area (Å²) in [5.41, 5.74) is 3.83. The van der Waals surface area contributed by atoms with E-state index in [9.17, 15) is 8.78 Å². The monoisotopic (exact) mass is 524 g/mol. The molecule has 7 heteroatoms. The maximum Gasteiger partial charge on any atom is 0.127 e. The lowest BCUT2D eigenvalue weighted by Gasteiger charge is -2.22. The summed E-state index contributed by atoms with van der Waals surface area (Å²) in [6.07, 6.45) is 1.02. The Morgan fingerprint density at radius 2 is 1.53 bits per heavy atom. The average molecular weight is 525 g/mol. The maximum absolute atomic E-state index is 14.2. The van der Waals surface area contributed by atoms with Crippen molar-refractivity contribution in [1.29, 1.82) is 0 Å². The Bertz CT molecular complexity index is 1270. The third-order valence-corrected chi connectivity index (χ3v) is 6.93. The molecule has 1 aromatic heterocycles. The van der Waals surface area contributed by atoms with Gasteiger partial charge in [-0.3, -0.25) is 9.80 Å². The molecule has 1 aliphatic rings. The smallest absolute Gasteiger partial charge is 0.127 e. The van der Waals surface area contributed by atoms with Crippen LogP contribution in [0, 0.1) is 11.6 Å². The summed E-state index contributed by atoms with van der Waals surface area (Å²) in [6.45, 7) is 5.70. The summed E-state index contributed by atoms with van der Waals surface area (Å²) in [6, 6.07) is 20.0. The highest BCUT2D eigenvalue weighted by atomic mass is 79.9. The summed E-state index contributed by atoms with van der Waals surface area (Å²) in [7, 11) is 0. The molecule has 5 rings (SSSR count). The number of benzene rings is 3. The van der Waals surface area contributed by atoms with Gasteiger partial charge in [0, 0.05) is 36.2 Å². The highest BCUT2D eigenvalue weighted by Crippen LogP contribution is 2.21. The van der Waals surface area contributed by atoms with Crippen LogP contribution in [0.25, 0.3) is 11.0 Å². The van der Waals surface area contributed by atoms with Crippen LogP contribution >= 0.6 is 15.9 Å². The van der Waals surface area contributed by atoms with Crippen molar-refractivity contribution < 1.29 is 8.78 Å². The van der Waals surface area contributed by atoms with Gasteiger partial charge in [-0.25, -0.2) is 13.8 Å². The van der Waals surface area contributed by atoms with Crippen LogP contribution in [0.15, 0.2) is 71.2 Å². The van der Waals surface area contributed by atoms with Crippen molar-refractivity contribution >= 4 is 27.0 Å². The fraction of sp³-hybridized carbons (Fsp3) is 0.296. The number of fused-ring (bicyclic) bond motifs is 1. The van der Waals surface area contributed by atoms with Crippen LogP contribution in [0.2, 0.25) is 0 Å². The molecule has 0 spiro atoms. The second-order valence-corrected chi connectivity index (χ2v) is 9.79. The van der Waals surface area contributed by atoms with Gasteiger partial charge in [-0.2, -0.15) is 0 Å². The maximum atomic E-state index is 14.2. The number of hydrogen-bond donors (Lipinski definition) is 0. The lowest BCUT2D eigenvalue weighted by Crippen LogP contribution is -2.31. The topological polar surface area (TPSA) is 24.3 Å². The van der Waals surface area contributed by atoms with Gasteiger partial charge in [-0.05, 0) is 67.5 Å². The Labute approximate surface area is 206 Å². The van der Waals surface area contributed by atoms with Crippen LogP contribution in [-0.4, -0.2) is 45.5 Å². The molecule has 0 amide bonds. The minimum Gasteiger partial charge on any atom is -0.322 e. The van der Waals surface area contributed by atoms with Crippen molar-refractivity contribution in [2.75, 3.05) is 26.2 Å². The number of rotatable bonds is 6. The Morgan fingerprint density at radius 3 is 2.32 bits per heavy atom. The molecule has 0 atom stereocenters. The third-order valence-electron chi connectivity index (χ3n) is 6.44. The molecule has 176 valence electrons. The molecule has 0 N–H and O–H groups in total. The van der Waals surface area contributed by atoms with Crippen molar-refractivity contribution in [2.24, 2.45) is 0 Å². The van der Waals surface area contributed by atoms with Gasteiger partial charge in [0.25, 0.3) is 0 Å². The SMILES string of the molecule is Fc1ccc(Cn2c(CN3CCCN(Cc4cc(Br)ccc4F)CC3)nc3ccccc32)cc1. The van der Waals surface area contributed by atoms with Crippen LogP contribution in [0.5, 0.6) is 0 Å². The molecule has 1 fully saturated rings. The molecule has 0 saturated carbocycles. The van der Waals surface area contributed by atoms with E-state index in [0.717, 1.165) is 71.6 Å². The van der Waals surface area contributed by atoms with Crippen molar-refractivity contribution in [1.82, 2.24) is 19.4 Å². The molecule has 1 saturated heterocycles. The number of hydrogen-bond acceptors (Lipinski definition) is 3. The first-order valence-corrected chi connectivity index (χ1v) is 12.4. The molecule has 3 aromatic carbocycles. The molecule has 0 aliphatic carbocycles. The number of halogens is 3. The van der Waals surface area contributed by atoms with Crippen LogP contribution in [-0.2, 0) is 19.6 Å². The zero-order chi connectivity index (χ0) is 23.5. The Hall–Kier alpha value is -2.61. The number of nitrogens with zero attached hydrogens (tertiary/aromatic N) is 4. The van der Waals surface area contributed by atoms with Gasteiger partial charge >= 0.3 is 0 Å². The molecule has 4 nitrogen and oxygen atoms in total. The predicted molar refractivity (Wildman–Crippen MR) is 135 cm³/mol. The average Bonchev–Trinajstić information content (AvgIpc) is 3.01. The van der Waals surface area contributed by atoms with Crippen molar-refractivity contribution in [3.8, 4) is 0 Å². The van der Waals surface area contributed by atoms with Gasteiger partial charge < -0.3 is 4.57 Å². The molecule has 34 heavy (non-hydrogen) atoms. The molecular formula is C27H27BrF2N4. The number of para-hydroxylation sites is 2. The number of imidazole rings is 1. The second kappa shape index (κ2) is 10.3. The van der Waals surface area contributed by atoms with Gasteiger partial charge in [0.15, 0.2) is 0 Å². The normalized spacial score (nSPS) is 15.6. The summed E-state index contributed by atoms with van der Waals surface area (Å²) in [5.74, 6) is 0.632. The Morgan fingerprint density at radius 1 is 0.794 bits per heavy atom. The molecular weight excluding hydrogens is 498 g/mol. The Kier molecular flexibility index (Phi) is 7.04. The van der Waals surface area contributed by atoms with Crippen LogP contribution in [0.4, 0.5) is 8.78 Å². The van der Waals surface area contributed by atoms with Crippen LogP contribution in [0.1, 0.15) is 23.4 Å². The number of aromatic nitrogens is 2. The summed E-state index contributed by atoms with van der Waals surface area (Å²) in [4.78, 5) is 9.69. The van der Waals surface area contributed by atoms with Crippen LogP contribution < -0.4 is 0 Å². The fourth-order valence-corrected chi connectivity index (χ4v) is 5.05. The minimum atomic E-state index is -0.226. The molecule has 0 unspecified atom stereocenters. The van der Waals surface area contributed by atoms with E-state index < -0.39 is 0 Å². The van der Waals surface area contributed by atoms with E-state index in [-0.39, 0.29) is 11.6 Å². The predicted octanol–water partition coefficient (Wildman–Crippen LogP) is 5.83. The second-order valence-electron chi connectivity index (χ2n) is 8.87. The van der Waals surface area contributed by atoms with Crippen molar-refractivity contribution in [3.05, 3.63) is 99.8 Å². The summed E-state index contributed by atoms with van der Waals surface area (Å²) >= 11 is 3.45. The quantitative estimate of drug-likeness (QED) is 0.317. The third kappa shape index (κ3) is 5.37. The van der Waals surface area contributed by atoms with Gasteiger partial charge in [-0.15, -0.1) is 0 Å². The van der Waals surface area contributed by atoms with E-state index in [4.69, 9.17) is 4.98 Å². The standard InChI is InChI=1S/C27H27BrF2N4/c28-22-8-11-24(30)21(16-22)18-32-12-3-13-33(15-14-32)19-27-31-25-4-1-2-5-26(25)34(27)17-20-6-9-23(29)10-7-20/h1-2,4-11,16H,3,12-15,17-19H2. The fourth-order valence-electron chi connectivity index (χ4n) is 4.64. The lowest BCUT2D eigenvalue weighted by atomic mass is 10.2. The molecule has 1 aliphatic heterocycles. The Balaban J connectivity index is 1.31. The first-order chi connectivity index (χ1) is 16.5. The van der Waals surface area contributed by atoms with E-state index >= 15 is 0 Å². The lowest BCUT2D eigenvalue weighted by molar-refractivity contribution is 0.240. The zero-order valence-corrected chi connectivity index (χ0v) is 20.5. The highest BCUT2D eigenvalue weighted by molar-refractivity contribution is 9.10. The van der Waals surface area contributed by atoms with E-state index in [1.54, 1.807) is 6.07 Å². The first kappa shape index (κ1) is 23.1. The zero-order valence-electron chi connectivity index (χ0n) is 18.9. The van der Waals surface area contributed by atoms with Crippen molar-refractivity contribution in [2.45, 2.75) is 26.1 Å². The highest BCUT2D eigenvalue weighted by Gasteiger charge is 2.19. The summed E-state index contributed by atoms with van der Waals surface area (Å²) < 4.78 is 30.8. The van der Waals surface area contributed by atoms with Gasteiger partial charge in [0.05, 0.1) is 17.6 Å². The molecule has 0 radical (unpaired) electrons. The summed E-state index contributed by atoms with van der Waals surface area (Å²) in [5, 5.41) is 0. The van der Waals surface area contributed by atoms with E-state index in [1.165, 1.54) is 18.2 Å². The van der Waals surface area contributed by atoms with Crippen LogP contribution in [0.3, 0.4) is 0 Å². The minimum absolute atomic E-state index is 0.154. The molecule has 4 aromatic rings. The molecule has 2 heterocycles.